The van der Waals surface area contributed by atoms with Gasteiger partial charge in [-0.15, -0.1) is 0 Å². The van der Waals surface area contributed by atoms with Gasteiger partial charge in [0.2, 0.25) is 5.91 Å². The molecule has 0 bridgehead atoms. The topological polar surface area (TPSA) is 99.5 Å². The molecule has 3 rings (SSSR count). The molecule has 1 amide bonds. The number of amides is 1. The van der Waals surface area contributed by atoms with Crippen LogP contribution < -0.4 is 15.6 Å². The third-order valence-electron chi connectivity index (χ3n) is 4.14. The van der Waals surface area contributed by atoms with Gasteiger partial charge in [-0.25, -0.2) is 4.98 Å². The quantitative estimate of drug-likeness (QED) is 0.334. The fourth-order valence-electron chi connectivity index (χ4n) is 2.73. The summed E-state index contributed by atoms with van der Waals surface area (Å²) in [5.74, 6) is -0.222. The second kappa shape index (κ2) is 9.93. The second-order valence-corrected chi connectivity index (χ2v) is 7.06. The first-order valence-corrected chi connectivity index (χ1v) is 10.2. The van der Waals surface area contributed by atoms with E-state index in [4.69, 9.17) is 9.47 Å². The molecule has 30 heavy (non-hydrogen) atoms. The van der Waals surface area contributed by atoms with Gasteiger partial charge in [-0.1, -0.05) is 23.9 Å². The molecule has 0 aliphatic rings. The highest BCUT2D eigenvalue weighted by molar-refractivity contribution is 7.99. The zero-order valence-corrected chi connectivity index (χ0v) is 17.4. The first-order valence-electron chi connectivity index (χ1n) is 9.24. The minimum Gasteiger partial charge on any atom is -0.497 e. The van der Waals surface area contributed by atoms with E-state index in [0.717, 1.165) is 11.8 Å². The molecule has 0 spiro atoms. The lowest BCUT2D eigenvalue weighted by atomic mass is 10.2. The molecule has 3 aromatic rings. The van der Waals surface area contributed by atoms with Crippen LogP contribution in [0, 0.1) is 0 Å². The van der Waals surface area contributed by atoms with Crippen LogP contribution in [0.2, 0.25) is 0 Å². The maximum atomic E-state index is 13.2. The first kappa shape index (κ1) is 21.4. The molecule has 0 saturated carbocycles. The number of hydrogen-bond acceptors (Lipinski definition) is 7. The lowest BCUT2D eigenvalue weighted by Crippen LogP contribution is -2.32. The number of carbonyl (C=O) groups is 2. The fraction of sp³-hybridized carbons (Fsp3) is 0.238. The summed E-state index contributed by atoms with van der Waals surface area (Å²) in [6.07, 6.45) is 0. The predicted molar refractivity (Wildman–Crippen MR) is 114 cm³/mol. The van der Waals surface area contributed by atoms with Crippen molar-refractivity contribution in [2.45, 2.75) is 12.1 Å². The smallest absolute Gasteiger partial charge is 0.325 e. The Labute approximate surface area is 177 Å². The van der Waals surface area contributed by atoms with E-state index in [2.05, 4.69) is 10.3 Å². The van der Waals surface area contributed by atoms with Crippen LogP contribution in [-0.4, -0.2) is 47.4 Å². The summed E-state index contributed by atoms with van der Waals surface area (Å²) in [6, 6.07) is 14.0. The molecule has 2 aromatic carbocycles. The lowest BCUT2D eigenvalue weighted by Gasteiger charge is -2.13. The molecule has 0 saturated heterocycles. The average Bonchev–Trinajstić information content (AvgIpc) is 2.77. The van der Waals surface area contributed by atoms with Crippen LogP contribution in [0.4, 0.5) is 0 Å². The molecular weight excluding hydrogens is 406 g/mol. The van der Waals surface area contributed by atoms with E-state index in [1.807, 2.05) is 0 Å². The van der Waals surface area contributed by atoms with Gasteiger partial charge in [0.25, 0.3) is 5.56 Å². The summed E-state index contributed by atoms with van der Waals surface area (Å²) >= 11 is 1.11. The Balaban J connectivity index is 1.89. The number of methoxy groups -OCH3 is 1. The highest BCUT2D eigenvalue weighted by atomic mass is 32.2. The zero-order chi connectivity index (χ0) is 21.5. The van der Waals surface area contributed by atoms with Crippen LogP contribution >= 0.6 is 11.8 Å². The van der Waals surface area contributed by atoms with Crippen molar-refractivity contribution in [3.63, 3.8) is 0 Å². The first-order chi connectivity index (χ1) is 14.5. The number of para-hydroxylation sites is 1. The number of aromatic nitrogens is 2. The predicted octanol–water partition coefficient (Wildman–Crippen LogP) is 2.17. The third-order valence-corrected chi connectivity index (χ3v) is 5.08. The Kier molecular flexibility index (Phi) is 7.08. The van der Waals surface area contributed by atoms with Crippen molar-refractivity contribution in [1.29, 1.82) is 0 Å². The fourth-order valence-corrected chi connectivity index (χ4v) is 3.57. The highest BCUT2D eigenvalue weighted by Gasteiger charge is 2.15. The SMILES string of the molecule is CCOC(=O)CNC(=O)CSc1nc2ccccc2c(=O)n1-c1ccc(OC)cc1. The number of carbonyl (C=O) groups excluding carboxylic acids is 2. The van der Waals surface area contributed by atoms with Crippen molar-refractivity contribution < 1.29 is 19.1 Å². The average molecular weight is 427 g/mol. The normalized spacial score (nSPS) is 10.6. The van der Waals surface area contributed by atoms with Crippen molar-refractivity contribution >= 4 is 34.5 Å². The van der Waals surface area contributed by atoms with Crippen LogP contribution in [0.5, 0.6) is 5.75 Å². The van der Waals surface area contributed by atoms with E-state index < -0.39 is 5.97 Å². The molecule has 9 heteroatoms. The molecule has 0 atom stereocenters. The second-order valence-electron chi connectivity index (χ2n) is 6.12. The minimum absolute atomic E-state index is 0.0136. The third kappa shape index (κ3) is 4.98. The van der Waals surface area contributed by atoms with Gasteiger partial charge in [-0.05, 0) is 43.3 Å². The number of rotatable bonds is 8. The van der Waals surface area contributed by atoms with Gasteiger partial charge in [0, 0.05) is 0 Å². The van der Waals surface area contributed by atoms with Crippen molar-refractivity contribution in [1.82, 2.24) is 14.9 Å². The number of ether oxygens (including phenoxy) is 2. The molecule has 1 heterocycles. The summed E-state index contributed by atoms with van der Waals surface area (Å²) < 4.78 is 11.4. The van der Waals surface area contributed by atoms with Gasteiger partial charge in [-0.2, -0.15) is 0 Å². The summed E-state index contributed by atoms with van der Waals surface area (Å²) in [7, 11) is 1.56. The summed E-state index contributed by atoms with van der Waals surface area (Å²) in [5.41, 5.74) is 0.912. The Hall–Kier alpha value is -3.33. The van der Waals surface area contributed by atoms with Crippen molar-refractivity contribution in [3.05, 3.63) is 58.9 Å². The molecule has 156 valence electrons. The van der Waals surface area contributed by atoms with Crippen LogP contribution in [0.25, 0.3) is 16.6 Å². The number of nitrogens with zero attached hydrogens (tertiary/aromatic N) is 2. The maximum absolute atomic E-state index is 13.2. The summed E-state index contributed by atoms with van der Waals surface area (Å²) in [5, 5.41) is 3.34. The molecular formula is C21H21N3O5S. The number of hydrogen-bond donors (Lipinski definition) is 1. The van der Waals surface area contributed by atoms with Gasteiger partial charge in [-0.3, -0.25) is 19.0 Å². The van der Waals surface area contributed by atoms with Crippen molar-refractivity contribution in [2.75, 3.05) is 26.0 Å². The molecule has 0 fully saturated rings. The number of esters is 1. The zero-order valence-electron chi connectivity index (χ0n) is 16.6. The minimum atomic E-state index is -0.505. The number of fused-ring (bicyclic) bond motifs is 1. The Bertz CT molecular complexity index is 1110. The molecule has 8 nitrogen and oxygen atoms in total. The van der Waals surface area contributed by atoms with Gasteiger partial charge in [0.05, 0.1) is 36.1 Å². The van der Waals surface area contributed by atoms with E-state index in [1.165, 1.54) is 4.57 Å². The Morgan fingerprint density at radius 1 is 1.13 bits per heavy atom. The van der Waals surface area contributed by atoms with Crippen LogP contribution in [0.1, 0.15) is 6.92 Å². The van der Waals surface area contributed by atoms with Gasteiger partial charge in [0.15, 0.2) is 5.16 Å². The summed E-state index contributed by atoms with van der Waals surface area (Å²) in [4.78, 5) is 41.3. The number of nitrogens with one attached hydrogen (secondary N) is 1. The van der Waals surface area contributed by atoms with Crippen LogP contribution in [-0.2, 0) is 14.3 Å². The van der Waals surface area contributed by atoms with Gasteiger partial charge < -0.3 is 14.8 Å². The van der Waals surface area contributed by atoms with Gasteiger partial charge in [0.1, 0.15) is 12.3 Å². The van der Waals surface area contributed by atoms with E-state index in [0.29, 0.717) is 27.5 Å². The van der Waals surface area contributed by atoms with Gasteiger partial charge >= 0.3 is 5.97 Å². The van der Waals surface area contributed by atoms with Crippen molar-refractivity contribution in [3.8, 4) is 11.4 Å². The Morgan fingerprint density at radius 3 is 2.57 bits per heavy atom. The monoisotopic (exact) mass is 427 g/mol. The van der Waals surface area contributed by atoms with Crippen LogP contribution in [0.3, 0.4) is 0 Å². The molecule has 0 aliphatic heterocycles. The number of benzene rings is 2. The molecule has 0 unspecified atom stereocenters. The summed E-state index contributed by atoms with van der Waals surface area (Å²) in [6.45, 7) is 1.74. The van der Waals surface area contributed by atoms with E-state index in [1.54, 1.807) is 62.6 Å². The molecule has 1 N–H and O–H groups in total. The van der Waals surface area contributed by atoms with E-state index >= 15 is 0 Å². The highest BCUT2D eigenvalue weighted by Crippen LogP contribution is 2.22. The molecule has 0 radical (unpaired) electrons. The van der Waals surface area contributed by atoms with Crippen LogP contribution in [0.15, 0.2) is 58.5 Å². The Morgan fingerprint density at radius 2 is 1.87 bits per heavy atom. The number of thioether (sulfide) groups is 1. The molecule has 0 aliphatic carbocycles. The lowest BCUT2D eigenvalue weighted by molar-refractivity contribution is -0.143. The maximum Gasteiger partial charge on any atom is 0.325 e. The standard InChI is InChI=1S/C21H21N3O5S/c1-3-29-19(26)12-22-18(25)13-30-21-23-17-7-5-4-6-16(17)20(27)24(21)14-8-10-15(28-2)11-9-14/h4-11H,3,12-13H2,1-2H3,(H,22,25). The largest absolute Gasteiger partial charge is 0.497 e. The van der Waals surface area contributed by atoms with Crippen molar-refractivity contribution in [2.24, 2.45) is 0 Å². The van der Waals surface area contributed by atoms with E-state index in [9.17, 15) is 14.4 Å². The molecule has 1 aromatic heterocycles. The van der Waals surface area contributed by atoms with E-state index in [-0.39, 0.29) is 30.4 Å².